The van der Waals surface area contributed by atoms with Crippen molar-refractivity contribution in [1.29, 1.82) is 0 Å². The fourth-order valence-corrected chi connectivity index (χ4v) is 0.816. The Kier molecular flexibility index (Phi) is 1.94. The van der Waals surface area contributed by atoms with E-state index in [-0.39, 0.29) is 18.1 Å². The highest BCUT2D eigenvalue weighted by Crippen LogP contribution is 2.33. The van der Waals surface area contributed by atoms with Gasteiger partial charge in [0.2, 0.25) is 5.91 Å². The first-order valence-electron chi connectivity index (χ1n) is 3.46. The molecule has 0 spiro atoms. The fraction of sp³-hybridized carbons (Fsp3) is 0.857. The van der Waals surface area contributed by atoms with Crippen molar-refractivity contribution in [2.24, 2.45) is 0 Å². The molecule has 0 aromatic carbocycles. The SMILES string of the molecule is COCC(=O)NC1(C)CC1. The molecular formula is C7H13NO2. The van der Waals surface area contributed by atoms with Crippen molar-refractivity contribution >= 4 is 5.91 Å². The van der Waals surface area contributed by atoms with Gasteiger partial charge in [0.05, 0.1) is 0 Å². The summed E-state index contributed by atoms with van der Waals surface area (Å²) in [4.78, 5) is 10.9. The standard InChI is InChI=1S/C7H13NO2/c1-7(3-4-7)8-6(9)5-10-2/h3-5H2,1-2H3,(H,8,9). The maximum Gasteiger partial charge on any atom is 0.246 e. The normalized spacial score (nSPS) is 20.2. The van der Waals surface area contributed by atoms with Gasteiger partial charge in [-0.2, -0.15) is 0 Å². The predicted octanol–water partition coefficient (Wildman–Crippen LogP) is 0.301. The Hall–Kier alpha value is -0.570. The van der Waals surface area contributed by atoms with Crippen LogP contribution in [0.5, 0.6) is 0 Å². The quantitative estimate of drug-likeness (QED) is 0.617. The second-order valence-electron chi connectivity index (χ2n) is 3.04. The molecule has 1 aliphatic carbocycles. The molecule has 58 valence electrons. The first-order valence-corrected chi connectivity index (χ1v) is 3.46. The summed E-state index contributed by atoms with van der Waals surface area (Å²) in [7, 11) is 1.52. The van der Waals surface area contributed by atoms with Gasteiger partial charge in [0.1, 0.15) is 6.61 Å². The first kappa shape index (κ1) is 7.54. The van der Waals surface area contributed by atoms with E-state index in [0.717, 1.165) is 12.8 Å². The van der Waals surface area contributed by atoms with Gasteiger partial charge in [0.15, 0.2) is 0 Å². The monoisotopic (exact) mass is 143 g/mol. The molecule has 1 fully saturated rings. The van der Waals surface area contributed by atoms with Gasteiger partial charge in [-0.3, -0.25) is 4.79 Å². The van der Waals surface area contributed by atoms with Crippen LogP contribution >= 0.6 is 0 Å². The van der Waals surface area contributed by atoms with Gasteiger partial charge in [-0.05, 0) is 19.8 Å². The molecule has 1 rings (SSSR count). The second kappa shape index (κ2) is 2.58. The van der Waals surface area contributed by atoms with E-state index in [9.17, 15) is 4.79 Å². The summed E-state index contributed by atoms with van der Waals surface area (Å²) < 4.78 is 4.67. The van der Waals surface area contributed by atoms with Gasteiger partial charge < -0.3 is 10.1 Å². The summed E-state index contributed by atoms with van der Waals surface area (Å²) in [6.45, 7) is 2.22. The van der Waals surface area contributed by atoms with Crippen molar-refractivity contribution in [2.45, 2.75) is 25.3 Å². The van der Waals surface area contributed by atoms with E-state index in [0.29, 0.717) is 0 Å². The van der Waals surface area contributed by atoms with Crippen LogP contribution in [0.3, 0.4) is 0 Å². The highest BCUT2D eigenvalue weighted by Gasteiger charge is 2.38. The predicted molar refractivity (Wildman–Crippen MR) is 37.7 cm³/mol. The molecule has 0 aromatic heterocycles. The first-order chi connectivity index (χ1) is 4.66. The molecule has 0 heterocycles. The molecule has 10 heavy (non-hydrogen) atoms. The maximum absolute atomic E-state index is 10.9. The molecule has 0 atom stereocenters. The van der Waals surface area contributed by atoms with Crippen molar-refractivity contribution in [3.8, 4) is 0 Å². The minimum Gasteiger partial charge on any atom is -0.375 e. The van der Waals surface area contributed by atoms with Crippen molar-refractivity contribution in [1.82, 2.24) is 5.32 Å². The fourth-order valence-electron chi connectivity index (χ4n) is 0.816. The minimum atomic E-state index is -0.0116. The molecule has 1 saturated carbocycles. The molecular weight excluding hydrogens is 130 g/mol. The number of carbonyl (C=O) groups excluding carboxylic acids is 1. The lowest BCUT2D eigenvalue weighted by Crippen LogP contribution is -2.36. The summed E-state index contributed by atoms with van der Waals surface area (Å²) in [5, 5.41) is 2.87. The van der Waals surface area contributed by atoms with Gasteiger partial charge in [-0.25, -0.2) is 0 Å². The van der Waals surface area contributed by atoms with Crippen LogP contribution in [0.25, 0.3) is 0 Å². The molecule has 3 nitrogen and oxygen atoms in total. The smallest absolute Gasteiger partial charge is 0.246 e. The summed E-state index contributed by atoms with van der Waals surface area (Å²) in [6, 6.07) is 0. The Morgan fingerprint density at radius 1 is 1.70 bits per heavy atom. The van der Waals surface area contributed by atoms with E-state index in [4.69, 9.17) is 0 Å². The Morgan fingerprint density at radius 2 is 2.30 bits per heavy atom. The topological polar surface area (TPSA) is 38.3 Å². The summed E-state index contributed by atoms with van der Waals surface area (Å²) >= 11 is 0. The van der Waals surface area contributed by atoms with Crippen molar-refractivity contribution in [3.05, 3.63) is 0 Å². The number of rotatable bonds is 3. The Labute approximate surface area is 60.7 Å². The Morgan fingerprint density at radius 3 is 2.70 bits per heavy atom. The van der Waals surface area contributed by atoms with Gasteiger partial charge >= 0.3 is 0 Å². The van der Waals surface area contributed by atoms with Crippen LogP contribution in [0.2, 0.25) is 0 Å². The molecule has 1 aliphatic rings. The zero-order chi connectivity index (χ0) is 7.61. The largest absolute Gasteiger partial charge is 0.375 e. The number of hydrogen-bond donors (Lipinski definition) is 1. The zero-order valence-corrected chi connectivity index (χ0v) is 6.44. The average molecular weight is 143 g/mol. The Balaban J connectivity index is 2.18. The van der Waals surface area contributed by atoms with Crippen LogP contribution in [0, 0.1) is 0 Å². The van der Waals surface area contributed by atoms with Gasteiger partial charge in [0, 0.05) is 12.6 Å². The average Bonchev–Trinajstić information content (AvgIpc) is 2.48. The number of hydrogen-bond acceptors (Lipinski definition) is 2. The van der Waals surface area contributed by atoms with E-state index < -0.39 is 0 Å². The van der Waals surface area contributed by atoms with Gasteiger partial charge in [-0.1, -0.05) is 0 Å². The van der Waals surface area contributed by atoms with Crippen LogP contribution in [0.1, 0.15) is 19.8 Å². The van der Waals surface area contributed by atoms with E-state index in [1.165, 1.54) is 7.11 Å². The van der Waals surface area contributed by atoms with Gasteiger partial charge in [-0.15, -0.1) is 0 Å². The van der Waals surface area contributed by atoms with E-state index in [1.54, 1.807) is 0 Å². The van der Waals surface area contributed by atoms with Crippen molar-refractivity contribution < 1.29 is 9.53 Å². The molecule has 0 aromatic rings. The third kappa shape index (κ3) is 1.99. The lowest BCUT2D eigenvalue weighted by molar-refractivity contribution is -0.125. The van der Waals surface area contributed by atoms with Crippen LogP contribution in [-0.2, 0) is 9.53 Å². The second-order valence-corrected chi connectivity index (χ2v) is 3.04. The van der Waals surface area contributed by atoms with E-state index in [1.807, 2.05) is 6.92 Å². The number of carbonyl (C=O) groups is 1. The summed E-state index contributed by atoms with van der Waals surface area (Å²) in [5.74, 6) is -0.0116. The lowest BCUT2D eigenvalue weighted by Gasteiger charge is -2.09. The van der Waals surface area contributed by atoms with Crippen LogP contribution < -0.4 is 5.32 Å². The van der Waals surface area contributed by atoms with E-state index in [2.05, 4.69) is 10.1 Å². The molecule has 0 bridgehead atoms. The molecule has 3 heteroatoms. The number of nitrogens with one attached hydrogen (secondary N) is 1. The number of amides is 1. The third-order valence-corrected chi connectivity index (χ3v) is 1.72. The summed E-state index contributed by atoms with van der Waals surface area (Å²) in [6.07, 6.45) is 2.20. The van der Waals surface area contributed by atoms with Crippen molar-refractivity contribution in [3.63, 3.8) is 0 Å². The minimum absolute atomic E-state index is 0.0116. The van der Waals surface area contributed by atoms with Crippen molar-refractivity contribution in [2.75, 3.05) is 13.7 Å². The number of ether oxygens (including phenoxy) is 1. The van der Waals surface area contributed by atoms with Crippen LogP contribution in [0.15, 0.2) is 0 Å². The zero-order valence-electron chi connectivity index (χ0n) is 6.44. The number of methoxy groups -OCH3 is 1. The molecule has 1 N–H and O–H groups in total. The highest BCUT2D eigenvalue weighted by molar-refractivity contribution is 5.78. The lowest BCUT2D eigenvalue weighted by atomic mass is 10.3. The molecule has 0 radical (unpaired) electrons. The summed E-state index contributed by atoms with van der Waals surface area (Å²) in [5.41, 5.74) is 0.0929. The van der Waals surface area contributed by atoms with Crippen LogP contribution in [0.4, 0.5) is 0 Å². The Bertz CT molecular complexity index is 141. The maximum atomic E-state index is 10.9. The third-order valence-electron chi connectivity index (χ3n) is 1.72. The highest BCUT2D eigenvalue weighted by atomic mass is 16.5. The molecule has 0 saturated heterocycles. The molecule has 0 aliphatic heterocycles. The van der Waals surface area contributed by atoms with Crippen LogP contribution in [-0.4, -0.2) is 25.2 Å². The molecule has 0 unspecified atom stereocenters. The molecule has 1 amide bonds. The van der Waals surface area contributed by atoms with Gasteiger partial charge in [0.25, 0.3) is 0 Å². The van der Waals surface area contributed by atoms with E-state index >= 15 is 0 Å².